The number of hydrogen-bond acceptors (Lipinski definition) is 2. The monoisotopic (exact) mass is 198 g/mol. The number of amides is 1. The lowest BCUT2D eigenvalue weighted by Gasteiger charge is -2.30. The van der Waals surface area contributed by atoms with Gasteiger partial charge in [0, 0.05) is 13.0 Å². The fourth-order valence-corrected chi connectivity index (χ4v) is 2.23. The Bertz CT molecular complexity index is 182. The zero-order valence-corrected chi connectivity index (χ0v) is 9.09. The number of carbonyl (C=O) groups is 1. The molecule has 0 aromatic carbocycles. The summed E-state index contributed by atoms with van der Waals surface area (Å²) < 4.78 is 0. The van der Waals surface area contributed by atoms with Gasteiger partial charge in [0.1, 0.15) is 0 Å². The van der Waals surface area contributed by atoms with E-state index in [1.807, 2.05) is 6.92 Å². The molecule has 0 bridgehead atoms. The molecule has 0 radical (unpaired) electrons. The summed E-state index contributed by atoms with van der Waals surface area (Å²) in [5.41, 5.74) is 5.72. The molecule has 82 valence electrons. The highest BCUT2D eigenvalue weighted by Crippen LogP contribution is 2.28. The van der Waals surface area contributed by atoms with Crippen LogP contribution in [0.2, 0.25) is 0 Å². The third-order valence-corrected chi connectivity index (χ3v) is 3.25. The van der Waals surface area contributed by atoms with Crippen LogP contribution in [0, 0.1) is 11.8 Å². The Morgan fingerprint density at radius 3 is 2.57 bits per heavy atom. The fraction of sp³-hybridized carbons (Fsp3) is 0.909. The van der Waals surface area contributed by atoms with E-state index in [0.717, 1.165) is 13.1 Å². The number of carbonyl (C=O) groups excluding carboxylic acids is 1. The predicted molar refractivity (Wildman–Crippen MR) is 57.8 cm³/mol. The van der Waals surface area contributed by atoms with Gasteiger partial charge in [-0.3, -0.25) is 4.79 Å². The minimum absolute atomic E-state index is 0.159. The maximum Gasteiger partial charge on any atom is 0.219 e. The summed E-state index contributed by atoms with van der Waals surface area (Å²) >= 11 is 0. The minimum Gasteiger partial charge on any atom is -0.356 e. The average Bonchev–Trinajstić information content (AvgIpc) is 2.26. The van der Waals surface area contributed by atoms with Gasteiger partial charge in [0.2, 0.25) is 5.91 Å². The lowest BCUT2D eigenvalue weighted by atomic mass is 9.79. The van der Waals surface area contributed by atoms with Crippen molar-refractivity contribution in [1.82, 2.24) is 5.32 Å². The fourth-order valence-electron chi connectivity index (χ4n) is 2.23. The Balaban J connectivity index is 2.29. The molecular formula is C11H22N2O. The molecule has 1 fully saturated rings. The maximum absolute atomic E-state index is 11.1. The standard InChI is InChI=1S/C11H22N2O/c1-2-11(14)13-8-10-6-4-3-5-9(10)7-12/h9-10H,2-8,12H2,1H3,(H,13,14). The van der Waals surface area contributed by atoms with E-state index in [-0.39, 0.29) is 5.91 Å². The van der Waals surface area contributed by atoms with Gasteiger partial charge < -0.3 is 11.1 Å². The van der Waals surface area contributed by atoms with Crippen molar-refractivity contribution in [3.8, 4) is 0 Å². The zero-order chi connectivity index (χ0) is 10.4. The molecular weight excluding hydrogens is 176 g/mol. The second-order valence-electron chi connectivity index (χ2n) is 4.20. The molecule has 3 N–H and O–H groups in total. The summed E-state index contributed by atoms with van der Waals surface area (Å²) in [7, 11) is 0. The highest BCUT2D eigenvalue weighted by atomic mass is 16.1. The highest BCUT2D eigenvalue weighted by molar-refractivity contribution is 5.75. The van der Waals surface area contributed by atoms with Crippen molar-refractivity contribution in [3.05, 3.63) is 0 Å². The third kappa shape index (κ3) is 3.29. The summed E-state index contributed by atoms with van der Waals surface area (Å²) in [5.74, 6) is 1.40. The van der Waals surface area contributed by atoms with Crippen LogP contribution in [0.5, 0.6) is 0 Å². The molecule has 0 spiro atoms. The van der Waals surface area contributed by atoms with Crippen molar-refractivity contribution in [3.63, 3.8) is 0 Å². The van der Waals surface area contributed by atoms with E-state index in [2.05, 4.69) is 5.32 Å². The second-order valence-corrected chi connectivity index (χ2v) is 4.20. The van der Waals surface area contributed by atoms with Crippen LogP contribution in [0.3, 0.4) is 0 Å². The van der Waals surface area contributed by atoms with Crippen LogP contribution in [0.1, 0.15) is 39.0 Å². The molecule has 1 amide bonds. The Morgan fingerprint density at radius 2 is 2.00 bits per heavy atom. The topological polar surface area (TPSA) is 55.1 Å². The molecule has 1 saturated carbocycles. The van der Waals surface area contributed by atoms with Gasteiger partial charge in [-0.2, -0.15) is 0 Å². The van der Waals surface area contributed by atoms with E-state index in [0.29, 0.717) is 18.3 Å². The van der Waals surface area contributed by atoms with E-state index in [1.165, 1.54) is 25.7 Å². The van der Waals surface area contributed by atoms with E-state index in [9.17, 15) is 4.79 Å². The van der Waals surface area contributed by atoms with Gasteiger partial charge in [0.15, 0.2) is 0 Å². The Hall–Kier alpha value is -0.570. The summed E-state index contributed by atoms with van der Waals surface area (Å²) in [5, 5.41) is 2.97. The van der Waals surface area contributed by atoms with Gasteiger partial charge in [0.05, 0.1) is 0 Å². The Labute approximate surface area is 86.4 Å². The van der Waals surface area contributed by atoms with Crippen LogP contribution in [-0.2, 0) is 4.79 Å². The third-order valence-electron chi connectivity index (χ3n) is 3.25. The molecule has 2 unspecified atom stereocenters. The largest absolute Gasteiger partial charge is 0.356 e. The molecule has 14 heavy (non-hydrogen) atoms. The molecule has 0 aromatic rings. The van der Waals surface area contributed by atoms with E-state index >= 15 is 0 Å². The number of nitrogens with two attached hydrogens (primary N) is 1. The molecule has 3 nitrogen and oxygen atoms in total. The smallest absolute Gasteiger partial charge is 0.219 e. The van der Waals surface area contributed by atoms with Crippen molar-refractivity contribution < 1.29 is 4.79 Å². The SMILES string of the molecule is CCC(=O)NCC1CCCCC1CN. The molecule has 0 aliphatic heterocycles. The summed E-state index contributed by atoms with van der Waals surface area (Å²) in [4.78, 5) is 11.1. The van der Waals surface area contributed by atoms with Crippen molar-refractivity contribution in [2.75, 3.05) is 13.1 Å². The minimum atomic E-state index is 0.159. The molecule has 0 saturated heterocycles. The van der Waals surface area contributed by atoms with Crippen molar-refractivity contribution in [2.24, 2.45) is 17.6 Å². The molecule has 3 heteroatoms. The van der Waals surface area contributed by atoms with Gasteiger partial charge in [-0.25, -0.2) is 0 Å². The molecule has 1 rings (SSSR count). The van der Waals surface area contributed by atoms with Crippen molar-refractivity contribution in [2.45, 2.75) is 39.0 Å². The van der Waals surface area contributed by atoms with E-state index < -0.39 is 0 Å². The van der Waals surface area contributed by atoms with Crippen molar-refractivity contribution >= 4 is 5.91 Å². The van der Waals surface area contributed by atoms with Crippen LogP contribution in [-0.4, -0.2) is 19.0 Å². The van der Waals surface area contributed by atoms with Gasteiger partial charge in [0.25, 0.3) is 0 Å². The van der Waals surface area contributed by atoms with Gasteiger partial charge in [-0.15, -0.1) is 0 Å². The van der Waals surface area contributed by atoms with Crippen LogP contribution < -0.4 is 11.1 Å². The number of hydrogen-bond donors (Lipinski definition) is 2. The maximum atomic E-state index is 11.1. The van der Waals surface area contributed by atoms with E-state index in [1.54, 1.807) is 0 Å². The zero-order valence-electron chi connectivity index (χ0n) is 9.09. The van der Waals surface area contributed by atoms with Crippen LogP contribution in [0.4, 0.5) is 0 Å². The first-order valence-corrected chi connectivity index (χ1v) is 5.74. The molecule has 0 aromatic heterocycles. The Morgan fingerprint density at radius 1 is 1.36 bits per heavy atom. The summed E-state index contributed by atoms with van der Waals surface area (Å²) in [6.07, 6.45) is 5.65. The normalized spacial score (nSPS) is 27.3. The molecule has 2 atom stereocenters. The first-order valence-electron chi connectivity index (χ1n) is 5.74. The highest BCUT2D eigenvalue weighted by Gasteiger charge is 2.23. The van der Waals surface area contributed by atoms with Crippen LogP contribution in [0.15, 0.2) is 0 Å². The van der Waals surface area contributed by atoms with Crippen molar-refractivity contribution in [1.29, 1.82) is 0 Å². The Kier molecular flexibility index (Phi) is 4.94. The van der Waals surface area contributed by atoms with Gasteiger partial charge in [-0.05, 0) is 31.2 Å². The lowest BCUT2D eigenvalue weighted by Crippen LogP contribution is -2.36. The molecule has 0 heterocycles. The molecule has 1 aliphatic carbocycles. The first kappa shape index (κ1) is 11.5. The average molecular weight is 198 g/mol. The molecule has 1 aliphatic rings. The van der Waals surface area contributed by atoms with Crippen LogP contribution in [0.25, 0.3) is 0 Å². The lowest BCUT2D eigenvalue weighted by molar-refractivity contribution is -0.121. The van der Waals surface area contributed by atoms with E-state index in [4.69, 9.17) is 5.73 Å². The second kappa shape index (κ2) is 6.02. The number of nitrogens with one attached hydrogen (secondary N) is 1. The quantitative estimate of drug-likeness (QED) is 0.715. The predicted octanol–water partition coefficient (Wildman–Crippen LogP) is 1.28. The first-order chi connectivity index (χ1) is 6.77. The van der Waals surface area contributed by atoms with Gasteiger partial charge >= 0.3 is 0 Å². The number of rotatable bonds is 4. The summed E-state index contributed by atoms with van der Waals surface area (Å²) in [6, 6.07) is 0. The van der Waals surface area contributed by atoms with Crippen LogP contribution >= 0.6 is 0 Å². The van der Waals surface area contributed by atoms with Gasteiger partial charge in [-0.1, -0.05) is 19.8 Å². The summed E-state index contributed by atoms with van der Waals surface area (Å²) in [6.45, 7) is 3.48.